The van der Waals surface area contributed by atoms with E-state index in [-0.39, 0.29) is 12.1 Å². The third kappa shape index (κ3) is 5.05. The van der Waals surface area contributed by atoms with E-state index in [1.165, 1.54) is 0 Å². The van der Waals surface area contributed by atoms with Gasteiger partial charge in [0.2, 0.25) is 0 Å². The molecular formula is C13H15F2NO2. The average Bonchev–Trinajstić information content (AvgIpc) is 2.26. The van der Waals surface area contributed by atoms with E-state index in [4.69, 9.17) is 4.74 Å². The maximum atomic E-state index is 12.9. The first-order chi connectivity index (χ1) is 8.49. The van der Waals surface area contributed by atoms with Crippen molar-refractivity contribution < 1.29 is 18.3 Å². The molecular weight excluding hydrogens is 240 g/mol. The van der Waals surface area contributed by atoms with Gasteiger partial charge in [-0.1, -0.05) is 12.2 Å². The number of hydrogen-bond acceptors (Lipinski definition) is 2. The smallest absolute Gasteiger partial charge is 0.251 e. The largest absolute Gasteiger partial charge is 0.375 e. The molecule has 0 aliphatic heterocycles. The summed E-state index contributed by atoms with van der Waals surface area (Å²) in [5.74, 6) is -2.09. The van der Waals surface area contributed by atoms with Crippen molar-refractivity contribution in [2.45, 2.75) is 6.92 Å². The van der Waals surface area contributed by atoms with Crippen LogP contribution in [0.25, 0.3) is 0 Å². The predicted octanol–water partition coefficient (Wildman–Crippen LogP) is 2.29. The van der Waals surface area contributed by atoms with Crippen molar-refractivity contribution in [1.29, 1.82) is 0 Å². The average molecular weight is 255 g/mol. The number of carbonyl (C=O) groups is 1. The highest BCUT2D eigenvalue weighted by Gasteiger charge is 2.08. The van der Waals surface area contributed by atoms with Crippen molar-refractivity contribution in [3.05, 3.63) is 47.5 Å². The minimum atomic E-state index is -0.779. The quantitative estimate of drug-likeness (QED) is 0.625. The van der Waals surface area contributed by atoms with Crippen molar-refractivity contribution >= 4 is 5.91 Å². The van der Waals surface area contributed by atoms with Crippen molar-refractivity contribution in [2.24, 2.45) is 0 Å². The van der Waals surface area contributed by atoms with Gasteiger partial charge in [-0.3, -0.25) is 4.79 Å². The Labute approximate surface area is 104 Å². The third-order valence-corrected chi connectivity index (χ3v) is 2.01. The molecule has 98 valence electrons. The van der Waals surface area contributed by atoms with E-state index in [1.807, 2.05) is 6.92 Å². The standard InChI is InChI=1S/C13H15F2NO2/c1-9(2)8-18-4-3-16-13(17)10-5-11(14)7-12(15)6-10/h5-7H,1,3-4,8H2,2H3,(H,16,17). The summed E-state index contributed by atoms with van der Waals surface area (Å²) in [6.07, 6.45) is 0. The maximum absolute atomic E-state index is 12.9. The molecule has 1 N–H and O–H groups in total. The van der Waals surface area contributed by atoms with E-state index in [0.717, 1.165) is 17.7 Å². The second kappa shape index (κ2) is 6.86. The highest BCUT2D eigenvalue weighted by Crippen LogP contribution is 2.07. The van der Waals surface area contributed by atoms with Crippen molar-refractivity contribution in [3.63, 3.8) is 0 Å². The first kappa shape index (κ1) is 14.3. The topological polar surface area (TPSA) is 38.3 Å². The van der Waals surface area contributed by atoms with Gasteiger partial charge in [-0.05, 0) is 19.1 Å². The lowest BCUT2D eigenvalue weighted by atomic mass is 10.2. The maximum Gasteiger partial charge on any atom is 0.251 e. The molecule has 0 fully saturated rings. The molecule has 0 aliphatic carbocycles. The zero-order valence-corrected chi connectivity index (χ0v) is 10.1. The van der Waals surface area contributed by atoms with Crippen LogP contribution in [0.1, 0.15) is 17.3 Å². The van der Waals surface area contributed by atoms with Gasteiger partial charge in [-0.15, -0.1) is 0 Å². The molecule has 0 radical (unpaired) electrons. The molecule has 0 aliphatic rings. The molecule has 0 heterocycles. The lowest BCUT2D eigenvalue weighted by Crippen LogP contribution is -2.27. The second-order valence-electron chi connectivity index (χ2n) is 3.92. The molecule has 18 heavy (non-hydrogen) atoms. The van der Waals surface area contributed by atoms with Gasteiger partial charge in [0.15, 0.2) is 0 Å². The minimum absolute atomic E-state index is 0.0487. The second-order valence-corrected chi connectivity index (χ2v) is 3.92. The number of rotatable bonds is 6. The van der Waals surface area contributed by atoms with E-state index in [9.17, 15) is 13.6 Å². The van der Waals surface area contributed by atoms with Crippen molar-refractivity contribution in [2.75, 3.05) is 19.8 Å². The monoisotopic (exact) mass is 255 g/mol. The zero-order chi connectivity index (χ0) is 13.5. The summed E-state index contributed by atoms with van der Waals surface area (Å²) in [6.45, 7) is 6.49. The summed E-state index contributed by atoms with van der Waals surface area (Å²) in [5, 5.41) is 2.50. The van der Waals surface area contributed by atoms with Gasteiger partial charge in [0.1, 0.15) is 11.6 Å². The summed E-state index contributed by atoms with van der Waals surface area (Å²) < 4.78 is 30.9. The molecule has 3 nitrogen and oxygen atoms in total. The molecule has 0 unspecified atom stereocenters. The highest BCUT2D eigenvalue weighted by atomic mass is 19.1. The summed E-state index contributed by atoms with van der Waals surface area (Å²) in [4.78, 5) is 11.5. The molecule has 1 aromatic rings. The number of nitrogens with one attached hydrogen (secondary N) is 1. The van der Waals surface area contributed by atoms with Gasteiger partial charge < -0.3 is 10.1 Å². The van der Waals surface area contributed by atoms with E-state index in [2.05, 4.69) is 11.9 Å². The minimum Gasteiger partial charge on any atom is -0.375 e. The van der Waals surface area contributed by atoms with Crippen molar-refractivity contribution in [3.8, 4) is 0 Å². The Morgan fingerprint density at radius 1 is 1.33 bits per heavy atom. The van der Waals surface area contributed by atoms with Crippen LogP contribution >= 0.6 is 0 Å². The Balaban J connectivity index is 2.38. The SMILES string of the molecule is C=C(C)COCCNC(=O)c1cc(F)cc(F)c1. The molecule has 0 spiro atoms. The van der Waals surface area contributed by atoms with Crippen LogP contribution in [0.2, 0.25) is 0 Å². The fourth-order valence-corrected chi connectivity index (χ4v) is 1.27. The molecule has 0 bridgehead atoms. The molecule has 0 aromatic heterocycles. The Morgan fingerprint density at radius 3 is 2.50 bits per heavy atom. The fourth-order valence-electron chi connectivity index (χ4n) is 1.27. The number of amides is 1. The van der Waals surface area contributed by atoms with E-state index in [0.29, 0.717) is 19.3 Å². The van der Waals surface area contributed by atoms with Crippen LogP contribution in [-0.2, 0) is 4.74 Å². The zero-order valence-electron chi connectivity index (χ0n) is 10.1. The normalized spacial score (nSPS) is 10.2. The fraction of sp³-hybridized carbons (Fsp3) is 0.308. The Bertz CT molecular complexity index is 426. The summed E-state index contributed by atoms with van der Waals surface area (Å²) >= 11 is 0. The van der Waals surface area contributed by atoms with Crippen LogP contribution in [0.3, 0.4) is 0 Å². The lowest BCUT2D eigenvalue weighted by Gasteiger charge is -2.06. The molecule has 0 atom stereocenters. The molecule has 1 amide bonds. The number of halogens is 2. The van der Waals surface area contributed by atoms with Gasteiger partial charge in [0, 0.05) is 18.2 Å². The summed E-state index contributed by atoms with van der Waals surface area (Å²) in [7, 11) is 0. The first-order valence-corrected chi connectivity index (χ1v) is 5.45. The number of ether oxygens (including phenoxy) is 1. The Kier molecular flexibility index (Phi) is 5.45. The Hall–Kier alpha value is -1.75. The summed E-state index contributed by atoms with van der Waals surface area (Å²) in [5.41, 5.74) is 0.834. The van der Waals surface area contributed by atoms with Gasteiger partial charge in [-0.2, -0.15) is 0 Å². The van der Waals surface area contributed by atoms with Crippen LogP contribution in [0.5, 0.6) is 0 Å². The van der Waals surface area contributed by atoms with Gasteiger partial charge in [-0.25, -0.2) is 8.78 Å². The van der Waals surface area contributed by atoms with Crippen LogP contribution < -0.4 is 5.32 Å². The third-order valence-electron chi connectivity index (χ3n) is 2.01. The van der Waals surface area contributed by atoms with Gasteiger partial charge in [0.25, 0.3) is 5.91 Å². The number of hydrogen-bond donors (Lipinski definition) is 1. The van der Waals surface area contributed by atoms with Crippen LogP contribution in [-0.4, -0.2) is 25.7 Å². The molecule has 5 heteroatoms. The first-order valence-electron chi connectivity index (χ1n) is 5.45. The molecule has 1 aromatic carbocycles. The molecule has 0 saturated heterocycles. The molecule has 1 rings (SSSR count). The van der Waals surface area contributed by atoms with Crippen molar-refractivity contribution in [1.82, 2.24) is 5.32 Å². The van der Waals surface area contributed by atoms with Crippen LogP contribution in [0.4, 0.5) is 8.78 Å². The van der Waals surface area contributed by atoms with E-state index < -0.39 is 17.5 Å². The molecule has 0 saturated carbocycles. The highest BCUT2D eigenvalue weighted by molar-refractivity contribution is 5.94. The lowest BCUT2D eigenvalue weighted by molar-refractivity contribution is 0.0926. The van der Waals surface area contributed by atoms with E-state index in [1.54, 1.807) is 0 Å². The van der Waals surface area contributed by atoms with Gasteiger partial charge >= 0.3 is 0 Å². The van der Waals surface area contributed by atoms with Crippen LogP contribution in [0, 0.1) is 11.6 Å². The van der Waals surface area contributed by atoms with Crippen LogP contribution in [0.15, 0.2) is 30.4 Å². The predicted molar refractivity (Wildman–Crippen MR) is 64.3 cm³/mol. The summed E-state index contributed by atoms with van der Waals surface area (Å²) in [6, 6.07) is 2.67. The Morgan fingerprint density at radius 2 is 1.94 bits per heavy atom. The van der Waals surface area contributed by atoms with Gasteiger partial charge in [0.05, 0.1) is 13.2 Å². The van der Waals surface area contributed by atoms with E-state index >= 15 is 0 Å². The number of benzene rings is 1. The number of carbonyl (C=O) groups excluding carboxylic acids is 1.